The molecule has 2 amide bonds. The minimum Gasteiger partial charge on any atom is -0.495 e. The van der Waals surface area contributed by atoms with Gasteiger partial charge in [-0.1, -0.05) is 18.5 Å². The zero-order valence-electron chi connectivity index (χ0n) is 20.8. The number of aromatic nitrogens is 3. The first-order chi connectivity index (χ1) is 17.9. The highest BCUT2D eigenvalue weighted by molar-refractivity contribution is 6.32. The Morgan fingerprint density at radius 2 is 1.76 bits per heavy atom. The molecule has 2 heterocycles. The second-order valence-electron chi connectivity index (χ2n) is 7.92. The van der Waals surface area contributed by atoms with Gasteiger partial charge in [-0.05, 0) is 55.0 Å². The summed E-state index contributed by atoms with van der Waals surface area (Å²) in [6.45, 7) is 3.88. The Morgan fingerprint density at radius 1 is 0.946 bits per heavy atom. The fourth-order valence-corrected chi connectivity index (χ4v) is 3.82. The predicted octanol–water partition coefficient (Wildman–Crippen LogP) is 6.52. The third kappa shape index (κ3) is 6.07. The van der Waals surface area contributed by atoms with Gasteiger partial charge in [0, 0.05) is 30.6 Å². The number of ether oxygens (including phenoxy) is 3. The average molecular weight is 520 g/mol. The molecule has 4 aromatic rings. The van der Waals surface area contributed by atoms with Gasteiger partial charge in [-0.15, -0.1) is 0 Å². The number of urea groups is 1. The second kappa shape index (κ2) is 11.6. The van der Waals surface area contributed by atoms with Crippen LogP contribution in [0.1, 0.15) is 18.3 Å². The van der Waals surface area contributed by atoms with Crippen molar-refractivity contribution in [3.8, 4) is 34.4 Å². The van der Waals surface area contributed by atoms with Crippen molar-refractivity contribution < 1.29 is 19.0 Å². The molecule has 0 spiro atoms. The number of hydrogen-bond donors (Lipinski definition) is 2. The molecule has 2 N–H and O–H groups in total. The quantitative estimate of drug-likeness (QED) is 0.273. The van der Waals surface area contributed by atoms with Crippen LogP contribution in [0.15, 0.2) is 60.9 Å². The van der Waals surface area contributed by atoms with Crippen LogP contribution in [0, 0.1) is 6.92 Å². The largest absolute Gasteiger partial charge is 0.495 e. The first-order valence-corrected chi connectivity index (χ1v) is 11.8. The molecule has 0 aliphatic heterocycles. The lowest BCUT2D eigenvalue weighted by Crippen LogP contribution is -2.20. The molecule has 0 fully saturated rings. The van der Waals surface area contributed by atoms with Crippen molar-refractivity contribution in [3.05, 3.63) is 77.3 Å². The number of hydrogen-bond acceptors (Lipinski definition) is 7. The molecule has 190 valence electrons. The lowest BCUT2D eigenvalue weighted by atomic mass is 10.1. The van der Waals surface area contributed by atoms with Crippen LogP contribution in [-0.4, -0.2) is 35.2 Å². The molecule has 0 atom stereocenters. The number of halogens is 1. The standard InChI is InChI=1S/C27H26ClN5O4/c1-5-25-29-12-10-20(32-25)18-7-6-11-30-26(18)37-22-9-8-17(13-16(22)2)31-27(34)33-21-14-19(28)23(35-3)15-24(21)36-4/h6-15H,5H2,1-4H3,(H2,31,33,34). The molecule has 10 heteroatoms. The smallest absolute Gasteiger partial charge is 0.323 e. The molecule has 0 saturated carbocycles. The molecular weight excluding hydrogens is 494 g/mol. The Labute approximate surface area is 219 Å². The van der Waals surface area contributed by atoms with E-state index in [0.717, 1.165) is 29.1 Å². The van der Waals surface area contributed by atoms with E-state index >= 15 is 0 Å². The van der Waals surface area contributed by atoms with E-state index in [1.807, 2.05) is 32.0 Å². The topological polar surface area (TPSA) is 107 Å². The lowest BCUT2D eigenvalue weighted by Gasteiger charge is -2.15. The molecule has 2 aromatic heterocycles. The van der Waals surface area contributed by atoms with E-state index in [9.17, 15) is 4.79 Å². The van der Waals surface area contributed by atoms with Crippen LogP contribution in [-0.2, 0) is 6.42 Å². The van der Waals surface area contributed by atoms with E-state index in [0.29, 0.717) is 39.5 Å². The Kier molecular flexibility index (Phi) is 8.05. The van der Waals surface area contributed by atoms with Crippen LogP contribution in [0.5, 0.6) is 23.1 Å². The zero-order chi connectivity index (χ0) is 26.4. The molecule has 0 unspecified atom stereocenters. The summed E-state index contributed by atoms with van der Waals surface area (Å²) in [6, 6.07) is 13.6. The van der Waals surface area contributed by atoms with Crippen molar-refractivity contribution in [2.75, 3.05) is 24.9 Å². The van der Waals surface area contributed by atoms with Gasteiger partial charge >= 0.3 is 6.03 Å². The molecular formula is C27H26ClN5O4. The number of anilines is 2. The Bertz CT molecular complexity index is 1430. The number of aryl methyl sites for hydroxylation is 2. The van der Waals surface area contributed by atoms with Gasteiger partial charge in [0.1, 0.15) is 23.1 Å². The van der Waals surface area contributed by atoms with Gasteiger partial charge in [-0.2, -0.15) is 0 Å². The van der Waals surface area contributed by atoms with E-state index in [4.69, 9.17) is 25.8 Å². The number of pyridine rings is 1. The normalized spacial score (nSPS) is 10.5. The monoisotopic (exact) mass is 519 g/mol. The van der Waals surface area contributed by atoms with Gasteiger partial charge in [-0.3, -0.25) is 0 Å². The molecule has 2 aromatic carbocycles. The van der Waals surface area contributed by atoms with E-state index in [1.54, 1.807) is 42.7 Å². The summed E-state index contributed by atoms with van der Waals surface area (Å²) >= 11 is 6.19. The van der Waals surface area contributed by atoms with Crippen molar-refractivity contribution in [3.63, 3.8) is 0 Å². The summed E-state index contributed by atoms with van der Waals surface area (Å²) in [5.74, 6) is 2.62. The summed E-state index contributed by atoms with van der Waals surface area (Å²) in [5, 5.41) is 5.89. The first kappa shape index (κ1) is 25.7. The highest BCUT2D eigenvalue weighted by Crippen LogP contribution is 2.36. The van der Waals surface area contributed by atoms with Crippen LogP contribution >= 0.6 is 11.6 Å². The predicted molar refractivity (Wildman–Crippen MR) is 143 cm³/mol. The summed E-state index contributed by atoms with van der Waals surface area (Å²) < 4.78 is 16.7. The summed E-state index contributed by atoms with van der Waals surface area (Å²) in [6.07, 6.45) is 4.12. The molecule has 37 heavy (non-hydrogen) atoms. The highest BCUT2D eigenvalue weighted by Gasteiger charge is 2.15. The van der Waals surface area contributed by atoms with Gasteiger partial charge in [0.15, 0.2) is 0 Å². The summed E-state index contributed by atoms with van der Waals surface area (Å²) in [4.78, 5) is 25.9. The van der Waals surface area contributed by atoms with E-state index in [-0.39, 0.29) is 0 Å². The molecule has 0 bridgehead atoms. The number of rotatable bonds is 8. The molecule has 0 radical (unpaired) electrons. The maximum Gasteiger partial charge on any atom is 0.323 e. The molecule has 0 aliphatic rings. The lowest BCUT2D eigenvalue weighted by molar-refractivity contribution is 0.262. The second-order valence-corrected chi connectivity index (χ2v) is 8.32. The minimum atomic E-state index is -0.463. The van der Waals surface area contributed by atoms with Gasteiger partial charge in [-0.25, -0.2) is 19.7 Å². The maximum atomic E-state index is 12.7. The van der Waals surface area contributed by atoms with Crippen LogP contribution in [0.2, 0.25) is 5.02 Å². The molecule has 9 nitrogen and oxygen atoms in total. The average Bonchev–Trinajstić information content (AvgIpc) is 2.90. The number of amides is 2. The molecule has 0 aliphatic carbocycles. The van der Waals surface area contributed by atoms with Crippen molar-refractivity contribution in [1.82, 2.24) is 15.0 Å². The minimum absolute atomic E-state index is 0.345. The van der Waals surface area contributed by atoms with Crippen LogP contribution in [0.25, 0.3) is 11.3 Å². The molecule has 4 rings (SSSR count). The Morgan fingerprint density at radius 3 is 2.49 bits per heavy atom. The maximum absolute atomic E-state index is 12.7. The van der Waals surface area contributed by atoms with Crippen LogP contribution in [0.4, 0.5) is 16.2 Å². The number of benzene rings is 2. The van der Waals surface area contributed by atoms with Crippen LogP contribution in [0.3, 0.4) is 0 Å². The van der Waals surface area contributed by atoms with Gasteiger partial charge in [0.05, 0.1) is 36.2 Å². The van der Waals surface area contributed by atoms with E-state index < -0.39 is 6.03 Å². The van der Waals surface area contributed by atoms with E-state index in [2.05, 4.69) is 25.6 Å². The number of carbonyl (C=O) groups is 1. The Balaban J connectivity index is 1.49. The number of nitrogens with one attached hydrogen (secondary N) is 2. The Hall–Kier alpha value is -4.37. The SMILES string of the molecule is CCc1nccc(-c2cccnc2Oc2ccc(NC(=O)Nc3cc(Cl)c(OC)cc3OC)cc2C)n1. The third-order valence-electron chi connectivity index (χ3n) is 5.43. The van der Waals surface area contributed by atoms with Gasteiger partial charge < -0.3 is 24.8 Å². The fourth-order valence-electron chi connectivity index (χ4n) is 3.57. The van der Waals surface area contributed by atoms with Crippen LogP contribution < -0.4 is 24.8 Å². The number of nitrogens with zero attached hydrogens (tertiary/aromatic N) is 3. The van der Waals surface area contributed by atoms with Crippen molar-refractivity contribution in [1.29, 1.82) is 0 Å². The summed E-state index contributed by atoms with van der Waals surface area (Å²) in [7, 11) is 3.00. The fraction of sp³-hybridized carbons (Fsp3) is 0.185. The highest BCUT2D eigenvalue weighted by atomic mass is 35.5. The summed E-state index contributed by atoms with van der Waals surface area (Å²) in [5.41, 5.74) is 3.27. The van der Waals surface area contributed by atoms with Crippen molar-refractivity contribution in [2.24, 2.45) is 0 Å². The first-order valence-electron chi connectivity index (χ1n) is 11.5. The van der Waals surface area contributed by atoms with Gasteiger partial charge in [0.25, 0.3) is 0 Å². The van der Waals surface area contributed by atoms with Gasteiger partial charge in [0.2, 0.25) is 5.88 Å². The number of carbonyl (C=O) groups excluding carboxylic acids is 1. The third-order valence-corrected chi connectivity index (χ3v) is 5.73. The zero-order valence-corrected chi connectivity index (χ0v) is 21.6. The van der Waals surface area contributed by atoms with Crippen molar-refractivity contribution >= 4 is 29.0 Å². The van der Waals surface area contributed by atoms with E-state index in [1.165, 1.54) is 14.2 Å². The number of methoxy groups -OCH3 is 2. The van der Waals surface area contributed by atoms with Crippen molar-refractivity contribution in [2.45, 2.75) is 20.3 Å². The molecule has 0 saturated heterocycles.